The van der Waals surface area contributed by atoms with E-state index in [2.05, 4.69) is 65.1 Å². The van der Waals surface area contributed by atoms with Crippen LogP contribution >= 0.6 is 15.9 Å². The molecule has 8 nitrogen and oxygen atoms in total. The summed E-state index contributed by atoms with van der Waals surface area (Å²) in [5, 5.41) is 3.04. The number of rotatable bonds is 4. The van der Waals surface area contributed by atoms with Crippen molar-refractivity contribution in [2.24, 2.45) is 0 Å². The minimum absolute atomic E-state index is 0.187. The minimum Gasteiger partial charge on any atom is -0.381 e. The summed E-state index contributed by atoms with van der Waals surface area (Å²) in [7, 11) is 2.20. The minimum atomic E-state index is -0.318. The molecule has 2 saturated heterocycles. The Balaban J connectivity index is 1.34. The lowest BCUT2D eigenvalue weighted by Gasteiger charge is -2.42. The van der Waals surface area contributed by atoms with Gasteiger partial charge in [0.05, 0.1) is 0 Å². The van der Waals surface area contributed by atoms with Crippen LogP contribution in [0.4, 0.5) is 23.0 Å². The lowest BCUT2D eigenvalue weighted by atomic mass is 10.0. The number of halogens is 1. The van der Waals surface area contributed by atoms with E-state index < -0.39 is 0 Å². The molecule has 0 saturated carbocycles. The van der Waals surface area contributed by atoms with Gasteiger partial charge in [0.25, 0.3) is 5.56 Å². The smallest absolute Gasteiger partial charge is 0.292 e. The maximum atomic E-state index is 12.0. The summed E-state index contributed by atoms with van der Waals surface area (Å²) >= 11 is 3.17. The number of aromatic amines is 1. The Kier molecular flexibility index (Phi) is 6.07. The van der Waals surface area contributed by atoms with E-state index in [4.69, 9.17) is 5.73 Å². The molecule has 2 aliphatic heterocycles. The number of nitrogens with two attached hydrogens (primary N) is 1. The third-order valence-corrected chi connectivity index (χ3v) is 6.51. The van der Waals surface area contributed by atoms with Crippen LogP contribution in [0.25, 0.3) is 0 Å². The molecule has 0 aliphatic carbocycles. The first-order valence-corrected chi connectivity index (χ1v) is 10.9. The Morgan fingerprint density at radius 3 is 2.41 bits per heavy atom. The molecular weight excluding hydrogens is 434 g/mol. The number of H-pyrrole nitrogens is 1. The van der Waals surface area contributed by atoms with Crippen molar-refractivity contribution < 1.29 is 0 Å². The molecule has 0 radical (unpaired) electrons. The van der Waals surface area contributed by atoms with Gasteiger partial charge in [-0.25, -0.2) is 4.98 Å². The third kappa shape index (κ3) is 4.73. The number of likely N-dealkylation sites (N-methyl/N-ethyl adjacent to an activating group) is 1. The van der Waals surface area contributed by atoms with E-state index in [0.29, 0.717) is 10.6 Å². The number of nitrogens with one attached hydrogen (secondary N) is 2. The summed E-state index contributed by atoms with van der Waals surface area (Å²) in [4.78, 5) is 26.2. The van der Waals surface area contributed by atoms with Gasteiger partial charge in [0.15, 0.2) is 11.6 Å². The lowest BCUT2D eigenvalue weighted by Crippen LogP contribution is -2.52. The number of piperidine rings is 1. The zero-order valence-electron chi connectivity index (χ0n) is 16.7. The first-order valence-electron chi connectivity index (χ1n) is 10.1. The van der Waals surface area contributed by atoms with E-state index in [1.165, 1.54) is 44.7 Å². The average Bonchev–Trinajstić information content (AvgIpc) is 2.73. The number of piperazine rings is 1. The average molecular weight is 462 g/mol. The second-order valence-electron chi connectivity index (χ2n) is 7.84. The highest BCUT2D eigenvalue weighted by molar-refractivity contribution is 9.10. The van der Waals surface area contributed by atoms with Crippen LogP contribution in [0.15, 0.2) is 33.7 Å². The van der Waals surface area contributed by atoms with Crippen LogP contribution in [-0.2, 0) is 0 Å². The molecule has 2 fully saturated rings. The number of nitrogens with zero attached hydrogens (tertiary/aromatic N) is 4. The number of hydrogen-bond donors (Lipinski definition) is 3. The molecule has 4 rings (SSSR count). The predicted octanol–water partition coefficient (Wildman–Crippen LogP) is 2.07. The Bertz CT molecular complexity index is 885. The zero-order valence-corrected chi connectivity index (χ0v) is 18.3. The van der Waals surface area contributed by atoms with E-state index in [-0.39, 0.29) is 17.2 Å². The molecule has 0 amide bonds. The normalized spacial score (nSPS) is 19.4. The zero-order chi connectivity index (χ0) is 20.4. The predicted molar refractivity (Wildman–Crippen MR) is 121 cm³/mol. The molecule has 0 spiro atoms. The van der Waals surface area contributed by atoms with E-state index >= 15 is 0 Å². The van der Waals surface area contributed by atoms with E-state index in [9.17, 15) is 4.79 Å². The molecule has 3 heterocycles. The first kappa shape index (κ1) is 20.2. The lowest BCUT2D eigenvalue weighted by molar-refractivity contribution is 0.0982. The first-order chi connectivity index (χ1) is 14.0. The van der Waals surface area contributed by atoms with Crippen LogP contribution in [0.5, 0.6) is 0 Å². The Labute approximate surface area is 179 Å². The molecular formula is C20H28BrN7O. The van der Waals surface area contributed by atoms with Gasteiger partial charge < -0.3 is 25.8 Å². The Morgan fingerprint density at radius 1 is 1.10 bits per heavy atom. The topological polar surface area (TPSA) is 93.5 Å². The van der Waals surface area contributed by atoms with Crippen LogP contribution < -0.4 is 21.5 Å². The van der Waals surface area contributed by atoms with Gasteiger partial charge in [0, 0.05) is 56.7 Å². The van der Waals surface area contributed by atoms with Gasteiger partial charge >= 0.3 is 0 Å². The van der Waals surface area contributed by atoms with Crippen molar-refractivity contribution in [2.45, 2.75) is 18.9 Å². The number of hydrogen-bond acceptors (Lipinski definition) is 7. The quantitative estimate of drug-likeness (QED) is 0.641. The standard InChI is InChI=1S/C20H28BrN7O/c1-26-10-12-28(13-11-26)16-6-8-27(9-7-16)15-4-2-14(3-5-15)23-19-20(29)24-17(21)18(22)25-19/h2-5,16H,6-13H2,1H3,(H,24,29)(H3,22,23,25). The van der Waals surface area contributed by atoms with Gasteiger partial charge in [-0.2, -0.15) is 0 Å². The van der Waals surface area contributed by atoms with E-state index in [0.717, 1.165) is 18.8 Å². The van der Waals surface area contributed by atoms with Crippen LogP contribution in [-0.4, -0.2) is 72.1 Å². The van der Waals surface area contributed by atoms with Crippen LogP contribution in [0.1, 0.15) is 12.8 Å². The summed E-state index contributed by atoms with van der Waals surface area (Å²) in [6, 6.07) is 8.84. The molecule has 4 N–H and O–H groups in total. The molecule has 1 aromatic heterocycles. The highest BCUT2D eigenvalue weighted by atomic mass is 79.9. The molecule has 0 bridgehead atoms. The number of anilines is 4. The molecule has 9 heteroatoms. The summed E-state index contributed by atoms with van der Waals surface area (Å²) in [6.07, 6.45) is 2.42. The van der Waals surface area contributed by atoms with Crippen LogP contribution in [0, 0.1) is 0 Å². The molecule has 29 heavy (non-hydrogen) atoms. The number of benzene rings is 1. The molecule has 156 valence electrons. The van der Waals surface area contributed by atoms with Gasteiger partial charge in [-0.3, -0.25) is 9.69 Å². The van der Waals surface area contributed by atoms with Crippen molar-refractivity contribution in [3.8, 4) is 0 Å². The second kappa shape index (κ2) is 8.73. The summed E-state index contributed by atoms with van der Waals surface area (Å²) < 4.78 is 0.392. The largest absolute Gasteiger partial charge is 0.381 e. The highest BCUT2D eigenvalue weighted by Gasteiger charge is 2.26. The van der Waals surface area contributed by atoms with Crippen molar-refractivity contribution in [3.05, 3.63) is 39.2 Å². The van der Waals surface area contributed by atoms with E-state index in [1.54, 1.807) is 0 Å². The van der Waals surface area contributed by atoms with Crippen molar-refractivity contribution in [1.82, 2.24) is 19.8 Å². The molecule has 0 unspecified atom stereocenters. The molecule has 1 aromatic carbocycles. The maximum absolute atomic E-state index is 12.0. The summed E-state index contributed by atoms with van der Waals surface area (Å²) in [5.74, 6) is 0.429. The summed E-state index contributed by atoms with van der Waals surface area (Å²) in [5.41, 5.74) is 7.46. The fourth-order valence-corrected chi connectivity index (χ4v) is 4.37. The fourth-order valence-electron chi connectivity index (χ4n) is 4.10. The van der Waals surface area contributed by atoms with Crippen molar-refractivity contribution >= 4 is 38.9 Å². The summed E-state index contributed by atoms with van der Waals surface area (Å²) in [6.45, 7) is 6.89. The fraction of sp³-hybridized carbons (Fsp3) is 0.500. The van der Waals surface area contributed by atoms with Gasteiger partial charge in [0.2, 0.25) is 0 Å². The Hall–Kier alpha value is -2.10. The third-order valence-electron chi connectivity index (χ3n) is 5.91. The van der Waals surface area contributed by atoms with Gasteiger partial charge in [-0.05, 0) is 60.1 Å². The van der Waals surface area contributed by atoms with Gasteiger partial charge in [0.1, 0.15) is 4.60 Å². The number of nitrogen functional groups attached to an aromatic ring is 1. The molecule has 2 aliphatic rings. The monoisotopic (exact) mass is 461 g/mol. The van der Waals surface area contributed by atoms with Crippen molar-refractivity contribution in [3.63, 3.8) is 0 Å². The maximum Gasteiger partial charge on any atom is 0.292 e. The second-order valence-corrected chi connectivity index (χ2v) is 8.64. The Morgan fingerprint density at radius 2 is 1.76 bits per heavy atom. The van der Waals surface area contributed by atoms with Crippen LogP contribution in [0.3, 0.4) is 0 Å². The van der Waals surface area contributed by atoms with Crippen molar-refractivity contribution in [1.29, 1.82) is 0 Å². The highest BCUT2D eigenvalue weighted by Crippen LogP contribution is 2.25. The van der Waals surface area contributed by atoms with Gasteiger partial charge in [-0.1, -0.05) is 0 Å². The van der Waals surface area contributed by atoms with Crippen molar-refractivity contribution in [2.75, 3.05) is 62.3 Å². The van der Waals surface area contributed by atoms with Crippen LogP contribution in [0.2, 0.25) is 0 Å². The number of aromatic nitrogens is 2. The molecule has 2 aromatic rings. The van der Waals surface area contributed by atoms with E-state index in [1.807, 2.05) is 12.1 Å². The van der Waals surface area contributed by atoms with Gasteiger partial charge in [-0.15, -0.1) is 0 Å². The molecule has 0 atom stereocenters. The SMILES string of the molecule is CN1CCN(C2CCN(c3ccc(Nc4nc(N)c(Br)[nH]c4=O)cc3)CC2)CC1.